The molecule has 78 valence electrons. The summed E-state index contributed by atoms with van der Waals surface area (Å²) in [6.07, 6.45) is -0.474. The van der Waals surface area contributed by atoms with Gasteiger partial charge < -0.3 is 5.11 Å². The Kier molecular flexibility index (Phi) is 3.84. The summed E-state index contributed by atoms with van der Waals surface area (Å²) in [7, 11) is -3.59. The number of carboxylic acids is 1. The van der Waals surface area contributed by atoms with Crippen molar-refractivity contribution in [1.82, 2.24) is 0 Å². The molecule has 0 bridgehead atoms. The van der Waals surface area contributed by atoms with E-state index in [1.54, 1.807) is 0 Å². The summed E-state index contributed by atoms with van der Waals surface area (Å²) < 4.78 is 35.0. The van der Waals surface area contributed by atoms with E-state index in [9.17, 15) is 17.6 Å². The van der Waals surface area contributed by atoms with Gasteiger partial charge >= 0.3 is 5.97 Å². The number of carboxylic acid groups (broad SMARTS) is 1. The summed E-state index contributed by atoms with van der Waals surface area (Å²) in [5.74, 6) is -2.33. The molecule has 1 N–H and O–H groups in total. The lowest BCUT2D eigenvalue weighted by Gasteiger charge is -2.13. The average molecular weight is 212 g/mol. The van der Waals surface area contributed by atoms with Gasteiger partial charge in [0, 0.05) is 0 Å². The van der Waals surface area contributed by atoms with Crippen molar-refractivity contribution in [3.05, 3.63) is 0 Å². The third-order valence-corrected chi connectivity index (χ3v) is 3.14. The van der Waals surface area contributed by atoms with Gasteiger partial charge in [-0.2, -0.15) is 0 Å². The van der Waals surface area contributed by atoms with Crippen LogP contribution < -0.4 is 0 Å². The Morgan fingerprint density at radius 1 is 1.46 bits per heavy atom. The smallest absolute Gasteiger partial charge is 0.304 e. The minimum absolute atomic E-state index is 0.474. The van der Waals surface area contributed by atoms with Gasteiger partial charge in [-0.1, -0.05) is 0 Å². The van der Waals surface area contributed by atoms with Crippen molar-refractivity contribution in [1.29, 1.82) is 0 Å². The van der Waals surface area contributed by atoms with Crippen molar-refractivity contribution in [2.45, 2.75) is 25.9 Å². The van der Waals surface area contributed by atoms with Crippen molar-refractivity contribution < 1.29 is 22.7 Å². The fourth-order valence-corrected chi connectivity index (χ4v) is 2.51. The molecule has 0 aromatic heterocycles. The van der Waals surface area contributed by atoms with E-state index in [2.05, 4.69) is 0 Å². The summed E-state index contributed by atoms with van der Waals surface area (Å²) in [4.78, 5) is 10.1. The molecule has 0 unspecified atom stereocenters. The second-order valence-corrected chi connectivity index (χ2v) is 5.64. The highest BCUT2D eigenvalue weighted by Gasteiger charge is 2.25. The second-order valence-electron chi connectivity index (χ2n) is 3.45. The van der Waals surface area contributed by atoms with Gasteiger partial charge in [-0.15, -0.1) is 0 Å². The summed E-state index contributed by atoms with van der Waals surface area (Å²) in [6, 6.07) is 0. The molecule has 0 aromatic carbocycles. The first-order chi connectivity index (χ1) is 5.62. The highest BCUT2D eigenvalue weighted by atomic mass is 32.2. The van der Waals surface area contributed by atoms with Gasteiger partial charge in [0.25, 0.3) is 0 Å². The molecular weight excluding hydrogens is 199 g/mol. The zero-order valence-electron chi connectivity index (χ0n) is 7.58. The molecule has 0 fully saturated rings. The molecule has 6 heteroatoms. The minimum atomic E-state index is -3.59. The lowest BCUT2D eigenvalue weighted by molar-refractivity contribution is -0.136. The van der Waals surface area contributed by atoms with E-state index in [1.807, 2.05) is 0 Å². The van der Waals surface area contributed by atoms with Gasteiger partial charge in [-0.25, -0.2) is 12.8 Å². The third-order valence-electron chi connectivity index (χ3n) is 1.19. The van der Waals surface area contributed by atoms with Crippen molar-refractivity contribution >= 4 is 15.8 Å². The number of alkyl halides is 1. The normalized spacial score (nSPS) is 12.8. The van der Waals surface area contributed by atoms with Crippen LogP contribution in [0.15, 0.2) is 0 Å². The lowest BCUT2D eigenvalue weighted by Crippen LogP contribution is -2.28. The number of aliphatic carboxylic acids is 1. The molecule has 0 saturated heterocycles. The molecule has 0 aromatic rings. The Hall–Kier alpha value is -0.650. The van der Waals surface area contributed by atoms with Crippen LogP contribution in [0.1, 0.15) is 20.3 Å². The first-order valence-corrected chi connectivity index (χ1v) is 5.56. The number of hydrogen-bond donors (Lipinski definition) is 1. The first kappa shape index (κ1) is 12.3. The van der Waals surface area contributed by atoms with Gasteiger partial charge in [-0.3, -0.25) is 4.79 Å². The van der Waals surface area contributed by atoms with Crippen LogP contribution in [-0.4, -0.2) is 36.7 Å². The number of carbonyl (C=O) groups is 1. The molecule has 0 saturated carbocycles. The van der Waals surface area contributed by atoms with Crippen molar-refractivity contribution in [2.75, 3.05) is 11.5 Å². The largest absolute Gasteiger partial charge is 0.481 e. The monoisotopic (exact) mass is 212 g/mol. The zero-order valence-corrected chi connectivity index (χ0v) is 8.40. The molecule has 0 aliphatic heterocycles. The van der Waals surface area contributed by atoms with E-state index < -0.39 is 39.4 Å². The molecule has 0 atom stereocenters. The van der Waals surface area contributed by atoms with Crippen LogP contribution in [0.2, 0.25) is 0 Å². The molecule has 13 heavy (non-hydrogen) atoms. The quantitative estimate of drug-likeness (QED) is 0.725. The van der Waals surface area contributed by atoms with E-state index in [-0.39, 0.29) is 0 Å². The summed E-state index contributed by atoms with van der Waals surface area (Å²) in [5.41, 5.74) is -1.81. The number of hydrogen-bond acceptors (Lipinski definition) is 3. The topological polar surface area (TPSA) is 71.4 Å². The van der Waals surface area contributed by atoms with E-state index >= 15 is 0 Å². The molecule has 0 radical (unpaired) electrons. The number of rotatable bonds is 5. The van der Waals surface area contributed by atoms with Gasteiger partial charge in [0.15, 0.2) is 9.84 Å². The average Bonchev–Trinajstić information content (AvgIpc) is 1.78. The Labute approximate surface area is 76.7 Å². The maximum atomic E-state index is 12.9. The van der Waals surface area contributed by atoms with Crippen LogP contribution >= 0.6 is 0 Å². The van der Waals surface area contributed by atoms with E-state index in [0.29, 0.717) is 0 Å². The van der Waals surface area contributed by atoms with Crippen molar-refractivity contribution in [3.8, 4) is 0 Å². The van der Waals surface area contributed by atoms with Crippen LogP contribution in [-0.2, 0) is 14.6 Å². The molecule has 0 rings (SSSR count). The molecular formula is C7H13FO4S. The number of halogens is 1. The standard InChI is InChI=1S/C7H13FO4S/c1-7(2,8)5-13(11,12)4-3-6(9)10/h3-5H2,1-2H3,(H,9,10). The van der Waals surface area contributed by atoms with Crippen LogP contribution in [0.25, 0.3) is 0 Å². The van der Waals surface area contributed by atoms with Gasteiger partial charge in [0.1, 0.15) is 5.67 Å². The fraction of sp³-hybridized carbons (Fsp3) is 0.857. The second kappa shape index (κ2) is 4.04. The molecule has 0 heterocycles. The maximum Gasteiger partial charge on any atom is 0.304 e. The van der Waals surface area contributed by atoms with Crippen LogP contribution in [0.5, 0.6) is 0 Å². The molecule has 4 nitrogen and oxygen atoms in total. The lowest BCUT2D eigenvalue weighted by atomic mass is 10.2. The molecule has 0 spiro atoms. The predicted molar refractivity (Wildman–Crippen MR) is 46.1 cm³/mol. The van der Waals surface area contributed by atoms with E-state index in [0.717, 1.165) is 13.8 Å². The fourth-order valence-electron chi connectivity index (χ4n) is 0.838. The van der Waals surface area contributed by atoms with Crippen molar-refractivity contribution in [3.63, 3.8) is 0 Å². The number of sulfone groups is 1. The minimum Gasteiger partial charge on any atom is -0.481 e. The zero-order chi connectivity index (χ0) is 10.7. The van der Waals surface area contributed by atoms with Gasteiger partial charge in [0.05, 0.1) is 17.9 Å². The van der Waals surface area contributed by atoms with E-state index in [4.69, 9.17) is 5.11 Å². The maximum absolute atomic E-state index is 12.9. The Morgan fingerprint density at radius 3 is 2.23 bits per heavy atom. The van der Waals surface area contributed by atoms with Gasteiger partial charge in [-0.05, 0) is 13.8 Å². The summed E-state index contributed by atoms with van der Waals surface area (Å²) in [5, 5.41) is 8.22. The summed E-state index contributed by atoms with van der Waals surface area (Å²) in [6.45, 7) is 2.29. The molecule has 0 aliphatic rings. The third kappa shape index (κ3) is 7.70. The Balaban J connectivity index is 4.19. The Bertz CT molecular complexity index is 275. The highest BCUT2D eigenvalue weighted by molar-refractivity contribution is 7.91. The molecule has 0 amide bonds. The summed E-state index contributed by atoms with van der Waals surface area (Å²) >= 11 is 0. The van der Waals surface area contributed by atoms with Crippen LogP contribution in [0.4, 0.5) is 4.39 Å². The van der Waals surface area contributed by atoms with Crippen LogP contribution in [0.3, 0.4) is 0 Å². The van der Waals surface area contributed by atoms with E-state index in [1.165, 1.54) is 0 Å². The van der Waals surface area contributed by atoms with Crippen LogP contribution in [0, 0.1) is 0 Å². The highest BCUT2D eigenvalue weighted by Crippen LogP contribution is 2.12. The Morgan fingerprint density at radius 2 is 1.92 bits per heavy atom. The molecule has 0 aliphatic carbocycles. The van der Waals surface area contributed by atoms with Gasteiger partial charge in [0.2, 0.25) is 0 Å². The van der Waals surface area contributed by atoms with Crippen molar-refractivity contribution in [2.24, 2.45) is 0 Å². The SMILES string of the molecule is CC(C)(F)CS(=O)(=O)CCC(=O)O. The predicted octanol–water partition coefficient (Wildman–Crippen LogP) is 0.624. The first-order valence-electron chi connectivity index (χ1n) is 3.73.